The molecular formula is C15H20ClN3O. The van der Waals surface area contributed by atoms with Crippen molar-refractivity contribution in [3.63, 3.8) is 0 Å². The number of rotatable bonds is 6. The lowest BCUT2D eigenvalue weighted by Gasteiger charge is -2.16. The molecule has 1 aromatic carbocycles. The van der Waals surface area contributed by atoms with Crippen molar-refractivity contribution in [2.45, 2.75) is 26.0 Å². The van der Waals surface area contributed by atoms with E-state index in [1.54, 1.807) is 0 Å². The van der Waals surface area contributed by atoms with Gasteiger partial charge in [0.1, 0.15) is 0 Å². The molecule has 0 saturated heterocycles. The molecular weight excluding hydrogens is 274 g/mol. The van der Waals surface area contributed by atoms with Gasteiger partial charge in [-0.15, -0.1) is 0 Å². The lowest BCUT2D eigenvalue weighted by Crippen LogP contribution is -2.21. The quantitative estimate of drug-likeness (QED) is 0.890. The predicted molar refractivity (Wildman–Crippen MR) is 81.2 cm³/mol. The van der Waals surface area contributed by atoms with Crippen LogP contribution in [0.3, 0.4) is 0 Å². The van der Waals surface area contributed by atoms with Crippen molar-refractivity contribution in [1.29, 1.82) is 0 Å². The fourth-order valence-electron chi connectivity index (χ4n) is 1.97. The van der Waals surface area contributed by atoms with Gasteiger partial charge in [-0.25, -0.2) is 4.68 Å². The summed E-state index contributed by atoms with van der Waals surface area (Å²) in [6, 6.07) is 7.59. The van der Waals surface area contributed by atoms with Crippen molar-refractivity contribution >= 4 is 11.6 Å². The van der Waals surface area contributed by atoms with Crippen LogP contribution in [0.1, 0.15) is 18.9 Å². The molecule has 0 aliphatic rings. The Labute approximate surface area is 124 Å². The van der Waals surface area contributed by atoms with Crippen LogP contribution >= 0.6 is 11.6 Å². The van der Waals surface area contributed by atoms with Gasteiger partial charge < -0.3 is 10.0 Å². The van der Waals surface area contributed by atoms with Gasteiger partial charge in [0.2, 0.25) is 0 Å². The van der Waals surface area contributed by atoms with Crippen LogP contribution in [0.5, 0.6) is 0 Å². The van der Waals surface area contributed by atoms with Crippen molar-refractivity contribution in [2.75, 3.05) is 13.6 Å². The number of benzene rings is 1. The lowest BCUT2D eigenvalue weighted by molar-refractivity contribution is 0.163. The maximum atomic E-state index is 9.29. The molecule has 4 nitrogen and oxygen atoms in total. The van der Waals surface area contributed by atoms with Gasteiger partial charge >= 0.3 is 0 Å². The van der Waals surface area contributed by atoms with Crippen LogP contribution in [0, 0.1) is 0 Å². The molecule has 1 N–H and O–H groups in total. The second kappa shape index (κ2) is 6.88. The highest BCUT2D eigenvalue weighted by Gasteiger charge is 2.06. The fraction of sp³-hybridized carbons (Fsp3) is 0.400. The van der Waals surface area contributed by atoms with Gasteiger partial charge in [0, 0.05) is 29.9 Å². The number of hydrogen-bond donors (Lipinski definition) is 1. The minimum atomic E-state index is -0.255. The van der Waals surface area contributed by atoms with Gasteiger partial charge in [-0.1, -0.05) is 11.6 Å². The molecule has 2 rings (SSSR count). The van der Waals surface area contributed by atoms with E-state index in [0.717, 1.165) is 35.8 Å². The Hall–Kier alpha value is -1.36. The molecule has 5 heteroatoms. The highest BCUT2D eigenvalue weighted by molar-refractivity contribution is 6.30. The van der Waals surface area contributed by atoms with Crippen LogP contribution in [0.15, 0.2) is 36.7 Å². The molecule has 1 atom stereocenters. The zero-order chi connectivity index (χ0) is 14.5. The van der Waals surface area contributed by atoms with E-state index >= 15 is 0 Å². The molecule has 1 unspecified atom stereocenters. The standard InChI is InChI=1S/C15H20ClN3O/c1-12(20)7-8-18(2)10-13-9-17-19(11-13)15-5-3-14(16)4-6-15/h3-6,9,11-12,20H,7-8,10H2,1-2H3. The Morgan fingerprint density at radius 1 is 1.35 bits per heavy atom. The summed E-state index contributed by atoms with van der Waals surface area (Å²) in [7, 11) is 2.04. The van der Waals surface area contributed by atoms with Crippen molar-refractivity contribution in [3.8, 4) is 5.69 Å². The molecule has 0 amide bonds. The van der Waals surface area contributed by atoms with Crippen molar-refractivity contribution in [3.05, 3.63) is 47.2 Å². The first-order chi connectivity index (χ1) is 9.54. The SMILES string of the molecule is CC(O)CCN(C)Cc1cnn(-c2ccc(Cl)cc2)c1. The number of hydrogen-bond acceptors (Lipinski definition) is 3. The molecule has 20 heavy (non-hydrogen) atoms. The maximum Gasteiger partial charge on any atom is 0.0646 e. The number of aromatic nitrogens is 2. The number of halogens is 1. The first-order valence-corrected chi connectivity index (χ1v) is 7.08. The molecule has 1 heterocycles. The molecule has 0 spiro atoms. The van der Waals surface area contributed by atoms with E-state index in [9.17, 15) is 5.11 Å². The molecule has 1 aromatic heterocycles. The average molecular weight is 294 g/mol. The zero-order valence-corrected chi connectivity index (χ0v) is 12.6. The molecule has 0 aliphatic heterocycles. The molecule has 0 bridgehead atoms. The summed E-state index contributed by atoms with van der Waals surface area (Å²) in [4.78, 5) is 2.18. The summed E-state index contributed by atoms with van der Waals surface area (Å²) in [6.07, 6.45) is 4.41. The van der Waals surface area contributed by atoms with Crippen molar-refractivity contribution in [2.24, 2.45) is 0 Å². The summed E-state index contributed by atoms with van der Waals surface area (Å²) >= 11 is 5.88. The number of nitrogens with zero attached hydrogens (tertiary/aromatic N) is 3. The Morgan fingerprint density at radius 3 is 2.70 bits per heavy atom. The van der Waals surface area contributed by atoms with E-state index in [0.29, 0.717) is 0 Å². The third kappa shape index (κ3) is 4.34. The van der Waals surface area contributed by atoms with Gasteiger partial charge in [0.05, 0.1) is 18.0 Å². The summed E-state index contributed by atoms with van der Waals surface area (Å²) in [5.41, 5.74) is 2.14. The zero-order valence-electron chi connectivity index (χ0n) is 11.8. The average Bonchev–Trinajstić information content (AvgIpc) is 2.85. The van der Waals surface area contributed by atoms with Crippen LogP contribution in [-0.4, -0.2) is 39.5 Å². The summed E-state index contributed by atoms with van der Waals surface area (Å²) in [5.74, 6) is 0. The van der Waals surface area contributed by atoms with E-state index in [1.165, 1.54) is 0 Å². The van der Waals surface area contributed by atoms with E-state index in [2.05, 4.69) is 10.00 Å². The lowest BCUT2D eigenvalue weighted by atomic mass is 10.2. The largest absolute Gasteiger partial charge is 0.393 e. The van der Waals surface area contributed by atoms with E-state index in [1.807, 2.05) is 55.3 Å². The smallest absolute Gasteiger partial charge is 0.0646 e. The van der Waals surface area contributed by atoms with Gasteiger partial charge in [-0.2, -0.15) is 5.10 Å². The molecule has 2 aromatic rings. The molecule has 0 fully saturated rings. The topological polar surface area (TPSA) is 41.3 Å². The Bertz CT molecular complexity index is 536. The van der Waals surface area contributed by atoms with Crippen LogP contribution in [0.4, 0.5) is 0 Å². The Kier molecular flexibility index (Phi) is 5.17. The first kappa shape index (κ1) is 15.0. The molecule has 0 aliphatic carbocycles. The van der Waals surface area contributed by atoms with Gasteiger partial charge in [-0.3, -0.25) is 0 Å². The summed E-state index contributed by atoms with van der Waals surface area (Å²) in [5, 5.41) is 14.4. The van der Waals surface area contributed by atoms with Gasteiger partial charge in [0.15, 0.2) is 0 Å². The van der Waals surface area contributed by atoms with E-state index < -0.39 is 0 Å². The fourth-order valence-corrected chi connectivity index (χ4v) is 2.10. The van der Waals surface area contributed by atoms with Gasteiger partial charge in [-0.05, 0) is 44.7 Å². The maximum absolute atomic E-state index is 9.29. The third-order valence-corrected chi connectivity index (χ3v) is 3.36. The van der Waals surface area contributed by atoms with E-state index in [-0.39, 0.29) is 6.10 Å². The van der Waals surface area contributed by atoms with Crippen molar-refractivity contribution < 1.29 is 5.11 Å². The van der Waals surface area contributed by atoms with Crippen LogP contribution in [0.25, 0.3) is 5.69 Å². The monoisotopic (exact) mass is 293 g/mol. The number of aliphatic hydroxyl groups is 1. The Morgan fingerprint density at radius 2 is 2.05 bits per heavy atom. The third-order valence-electron chi connectivity index (χ3n) is 3.11. The van der Waals surface area contributed by atoms with E-state index in [4.69, 9.17) is 11.6 Å². The number of aliphatic hydroxyl groups excluding tert-OH is 1. The normalized spacial score (nSPS) is 12.8. The molecule has 0 saturated carbocycles. The van der Waals surface area contributed by atoms with Crippen molar-refractivity contribution in [1.82, 2.24) is 14.7 Å². The van der Waals surface area contributed by atoms with Crippen LogP contribution < -0.4 is 0 Å². The minimum Gasteiger partial charge on any atom is -0.393 e. The first-order valence-electron chi connectivity index (χ1n) is 6.70. The van der Waals surface area contributed by atoms with Crippen LogP contribution in [0.2, 0.25) is 5.02 Å². The second-order valence-corrected chi connectivity index (χ2v) is 5.58. The highest BCUT2D eigenvalue weighted by Crippen LogP contribution is 2.14. The highest BCUT2D eigenvalue weighted by atomic mass is 35.5. The second-order valence-electron chi connectivity index (χ2n) is 5.15. The molecule has 108 valence electrons. The minimum absolute atomic E-state index is 0.255. The predicted octanol–water partition coefficient (Wildman–Crippen LogP) is 2.73. The van der Waals surface area contributed by atoms with Gasteiger partial charge in [0.25, 0.3) is 0 Å². The summed E-state index contributed by atoms with van der Waals surface area (Å²) in [6.45, 7) is 3.50. The Balaban J connectivity index is 1.96. The summed E-state index contributed by atoms with van der Waals surface area (Å²) < 4.78 is 1.84. The van der Waals surface area contributed by atoms with Crippen LogP contribution in [-0.2, 0) is 6.54 Å². The molecule has 0 radical (unpaired) electrons.